The van der Waals surface area contributed by atoms with Crippen molar-refractivity contribution in [2.75, 3.05) is 81.8 Å². The Morgan fingerprint density at radius 1 is 0.155 bits per heavy atom. The molecule has 84 heavy (non-hydrogen) atoms. The van der Waals surface area contributed by atoms with Crippen LogP contribution in [0.15, 0.2) is 121 Å². The van der Waals surface area contributed by atoms with E-state index < -0.39 is 0 Å². The number of anilines is 10. The summed E-state index contributed by atoms with van der Waals surface area (Å²) in [6.07, 6.45) is 41.1. The van der Waals surface area contributed by atoms with Crippen LogP contribution >= 0.6 is 0 Å². The molecule has 0 amide bonds. The fourth-order valence-corrected chi connectivity index (χ4v) is 12.2. The van der Waals surface area contributed by atoms with E-state index in [1.54, 1.807) is 0 Å². The topological polar surface area (TPSA) is 19.4 Å². The zero-order valence-corrected chi connectivity index (χ0v) is 55.5. The fraction of sp³-hybridized carbons (Fsp3) is 0.615. The zero-order chi connectivity index (χ0) is 59.7. The molecule has 0 fully saturated rings. The number of rotatable bonds is 50. The Hall–Kier alpha value is -5.10. The molecule has 0 saturated carbocycles. The molecule has 6 heteroatoms. The fourth-order valence-electron chi connectivity index (χ4n) is 12.2. The Labute approximate surface area is 518 Å². The third-order valence-corrected chi connectivity index (χ3v) is 17.5. The van der Waals surface area contributed by atoms with Gasteiger partial charge in [-0.2, -0.15) is 0 Å². The van der Waals surface area contributed by atoms with E-state index in [9.17, 15) is 0 Å². The first-order valence-electron chi connectivity index (χ1n) is 35.5. The van der Waals surface area contributed by atoms with Crippen LogP contribution in [0.25, 0.3) is 0 Å². The summed E-state index contributed by atoms with van der Waals surface area (Å²) in [7, 11) is 0. The molecule has 5 aromatic carbocycles. The average Bonchev–Trinajstić information content (AvgIpc) is 3.56. The third kappa shape index (κ3) is 25.1. The summed E-state index contributed by atoms with van der Waals surface area (Å²) < 4.78 is 0. The van der Waals surface area contributed by atoms with Gasteiger partial charge in [0.15, 0.2) is 0 Å². The van der Waals surface area contributed by atoms with Gasteiger partial charge in [-0.05, 0) is 173 Å². The summed E-state index contributed by atoms with van der Waals surface area (Å²) in [4.78, 5) is 15.7. The van der Waals surface area contributed by atoms with Crippen molar-refractivity contribution in [1.29, 1.82) is 0 Å². The Bertz CT molecular complexity index is 1970. The molecule has 0 radical (unpaired) electrons. The largest absolute Gasteiger partial charge is 0.372 e. The summed E-state index contributed by atoms with van der Waals surface area (Å²) >= 11 is 0. The SMILES string of the molecule is CCCCCCN(CCCCCC)c1ccc(N(c2ccc(N(CCCCCC)CCCCCC)cc2)c2ccc(N(c3ccc(N(CCCCCC)CCCCCC)cc3)c3ccc(N(CCCCCC)CCCCCC)cc3)cc2)cc1. The highest BCUT2D eigenvalue weighted by atomic mass is 15.2. The highest BCUT2D eigenvalue weighted by molar-refractivity contribution is 5.82. The highest BCUT2D eigenvalue weighted by Gasteiger charge is 2.20. The molecule has 0 saturated heterocycles. The maximum absolute atomic E-state index is 2.67. The maximum atomic E-state index is 2.67. The van der Waals surface area contributed by atoms with Crippen molar-refractivity contribution in [2.45, 2.75) is 261 Å². The lowest BCUT2D eigenvalue weighted by molar-refractivity contribution is 0.609. The molecule has 0 bridgehead atoms. The molecule has 0 aromatic heterocycles. The molecule has 5 rings (SSSR count). The molecule has 0 aliphatic carbocycles. The molecule has 0 aliphatic heterocycles. The second kappa shape index (κ2) is 43.5. The van der Waals surface area contributed by atoms with Crippen LogP contribution in [-0.2, 0) is 0 Å². The van der Waals surface area contributed by atoms with Gasteiger partial charge in [-0.1, -0.05) is 209 Å². The van der Waals surface area contributed by atoms with Crippen LogP contribution in [0.5, 0.6) is 0 Å². The van der Waals surface area contributed by atoms with Gasteiger partial charge in [0.2, 0.25) is 0 Å². The standard InChI is InChI=1S/C78H124N6/c1-9-17-25-33-61-79(62-34-26-18-10-2)69-41-49-73(50-42-69)83(74-51-43-70(44-52-74)80(63-35-27-19-11-3)64-36-28-20-12-4)77-57-59-78(60-58-77)84(75-53-45-71(46-54-75)81(65-37-29-21-13-5)66-38-30-22-14-6)76-55-47-72(48-56-76)82(67-39-31-23-15-7)68-40-32-24-16-8/h41-60H,9-40,61-68H2,1-8H3. The van der Waals surface area contributed by atoms with E-state index in [1.807, 2.05) is 0 Å². The first kappa shape index (κ1) is 69.7. The monoisotopic (exact) mass is 1140 g/mol. The van der Waals surface area contributed by atoms with Crippen LogP contribution in [0.2, 0.25) is 0 Å². The zero-order valence-electron chi connectivity index (χ0n) is 55.5. The van der Waals surface area contributed by atoms with Gasteiger partial charge in [-0.15, -0.1) is 0 Å². The minimum absolute atomic E-state index is 1.13. The molecule has 0 aliphatic rings. The summed E-state index contributed by atoms with van der Waals surface area (Å²) in [5.74, 6) is 0. The summed E-state index contributed by atoms with van der Waals surface area (Å²) in [6.45, 7) is 27.6. The lowest BCUT2D eigenvalue weighted by Gasteiger charge is -2.31. The van der Waals surface area contributed by atoms with Crippen molar-refractivity contribution in [1.82, 2.24) is 0 Å². The summed E-state index contributed by atoms with van der Waals surface area (Å²) in [6, 6.07) is 47.8. The summed E-state index contributed by atoms with van der Waals surface area (Å²) in [5.41, 5.74) is 12.5. The number of hydrogen-bond acceptors (Lipinski definition) is 6. The molecule has 0 unspecified atom stereocenters. The van der Waals surface area contributed by atoms with Crippen LogP contribution in [-0.4, -0.2) is 52.4 Å². The van der Waals surface area contributed by atoms with Crippen LogP contribution in [0.4, 0.5) is 56.9 Å². The van der Waals surface area contributed by atoms with E-state index in [1.165, 1.54) is 262 Å². The van der Waals surface area contributed by atoms with Gasteiger partial charge in [-0.3, -0.25) is 0 Å². The van der Waals surface area contributed by atoms with Crippen molar-refractivity contribution in [2.24, 2.45) is 0 Å². The molecular formula is C78H124N6. The highest BCUT2D eigenvalue weighted by Crippen LogP contribution is 2.41. The first-order chi connectivity index (χ1) is 41.4. The molecule has 0 atom stereocenters. The van der Waals surface area contributed by atoms with Crippen molar-refractivity contribution >= 4 is 56.9 Å². The van der Waals surface area contributed by atoms with Gasteiger partial charge < -0.3 is 29.4 Å². The normalized spacial score (nSPS) is 11.3. The van der Waals surface area contributed by atoms with E-state index in [-0.39, 0.29) is 0 Å². The van der Waals surface area contributed by atoms with Gasteiger partial charge in [0.05, 0.1) is 0 Å². The Morgan fingerprint density at radius 2 is 0.274 bits per heavy atom. The van der Waals surface area contributed by atoms with Crippen molar-refractivity contribution in [3.8, 4) is 0 Å². The van der Waals surface area contributed by atoms with E-state index in [4.69, 9.17) is 0 Å². The smallest absolute Gasteiger partial charge is 0.0463 e. The van der Waals surface area contributed by atoms with E-state index in [0.717, 1.165) is 52.4 Å². The second-order valence-electron chi connectivity index (χ2n) is 24.7. The van der Waals surface area contributed by atoms with Gasteiger partial charge in [0.25, 0.3) is 0 Å². The van der Waals surface area contributed by atoms with Crippen LogP contribution in [0.1, 0.15) is 261 Å². The molecule has 0 N–H and O–H groups in total. The van der Waals surface area contributed by atoms with Crippen LogP contribution < -0.4 is 29.4 Å². The average molecular weight is 1150 g/mol. The van der Waals surface area contributed by atoms with Crippen LogP contribution in [0, 0.1) is 0 Å². The Kier molecular flexibility index (Phi) is 36.1. The van der Waals surface area contributed by atoms with Crippen LogP contribution in [0.3, 0.4) is 0 Å². The van der Waals surface area contributed by atoms with E-state index in [0.29, 0.717) is 0 Å². The Balaban J connectivity index is 1.58. The lowest BCUT2D eigenvalue weighted by atomic mass is 10.1. The molecule has 0 spiro atoms. The molecule has 0 heterocycles. The van der Waals surface area contributed by atoms with E-state index in [2.05, 4.69) is 206 Å². The van der Waals surface area contributed by atoms with Gasteiger partial charge >= 0.3 is 0 Å². The lowest BCUT2D eigenvalue weighted by Crippen LogP contribution is -2.26. The van der Waals surface area contributed by atoms with Crippen molar-refractivity contribution in [3.05, 3.63) is 121 Å². The number of unbranched alkanes of at least 4 members (excludes halogenated alkanes) is 24. The van der Waals surface area contributed by atoms with Gasteiger partial charge in [0.1, 0.15) is 0 Å². The predicted molar refractivity (Wildman–Crippen MR) is 378 cm³/mol. The van der Waals surface area contributed by atoms with E-state index >= 15 is 0 Å². The van der Waals surface area contributed by atoms with Crippen molar-refractivity contribution < 1.29 is 0 Å². The maximum Gasteiger partial charge on any atom is 0.0463 e. The number of benzene rings is 5. The minimum atomic E-state index is 1.13. The quantitative estimate of drug-likeness (QED) is 0.0359. The molecular weight excluding hydrogens is 1020 g/mol. The molecule has 466 valence electrons. The molecule has 5 aromatic rings. The molecule has 6 nitrogen and oxygen atoms in total. The first-order valence-corrected chi connectivity index (χ1v) is 35.5. The number of nitrogens with zero attached hydrogens (tertiary/aromatic N) is 6. The van der Waals surface area contributed by atoms with Gasteiger partial charge in [-0.25, -0.2) is 0 Å². The summed E-state index contributed by atoms with van der Waals surface area (Å²) in [5, 5.41) is 0. The Morgan fingerprint density at radius 3 is 0.393 bits per heavy atom. The van der Waals surface area contributed by atoms with Gasteiger partial charge in [0, 0.05) is 109 Å². The minimum Gasteiger partial charge on any atom is -0.372 e. The second-order valence-corrected chi connectivity index (χ2v) is 24.7. The van der Waals surface area contributed by atoms with Crippen molar-refractivity contribution in [3.63, 3.8) is 0 Å². The number of hydrogen-bond donors (Lipinski definition) is 0. The predicted octanol–water partition coefficient (Wildman–Crippen LogP) is 24.5. The third-order valence-electron chi connectivity index (χ3n) is 17.5.